The molecule has 0 saturated carbocycles. The van der Waals surface area contributed by atoms with Crippen molar-refractivity contribution in [1.82, 2.24) is 16.0 Å². The van der Waals surface area contributed by atoms with Gasteiger partial charge in [-0.05, 0) is 31.0 Å². The summed E-state index contributed by atoms with van der Waals surface area (Å²) in [6.07, 6.45) is -2.30. The highest BCUT2D eigenvalue weighted by molar-refractivity contribution is 6.00. The average molecular weight is 540 g/mol. The summed E-state index contributed by atoms with van der Waals surface area (Å²) in [5, 5.41) is 29.4. The number of benzene rings is 2. The van der Waals surface area contributed by atoms with Crippen molar-refractivity contribution < 1.29 is 38.9 Å². The third-order valence-corrected chi connectivity index (χ3v) is 7.14. The first-order valence-corrected chi connectivity index (χ1v) is 12.9. The van der Waals surface area contributed by atoms with Crippen LogP contribution < -0.4 is 16.0 Å². The smallest absolute Gasteiger partial charge is 0.329 e. The Kier molecular flexibility index (Phi) is 8.82. The van der Waals surface area contributed by atoms with Gasteiger partial charge in [0.25, 0.3) is 5.91 Å². The van der Waals surface area contributed by atoms with E-state index in [0.717, 1.165) is 5.56 Å². The van der Waals surface area contributed by atoms with Gasteiger partial charge in [0.05, 0.1) is 36.8 Å². The average Bonchev–Trinajstić information content (AvgIpc) is 2.89. The number of carbonyl (C=O) groups is 4. The number of carbonyl (C=O) groups excluding carboxylic acids is 4. The molecule has 208 valence electrons. The monoisotopic (exact) mass is 539 g/mol. The Morgan fingerprint density at radius 3 is 2.28 bits per heavy atom. The van der Waals surface area contributed by atoms with Crippen LogP contribution in [0.4, 0.5) is 0 Å². The summed E-state index contributed by atoms with van der Waals surface area (Å²) < 4.78 is 10.8. The molecule has 39 heavy (non-hydrogen) atoms. The summed E-state index contributed by atoms with van der Waals surface area (Å²) in [6.45, 7) is 3.42. The quantitative estimate of drug-likeness (QED) is 0.339. The maximum atomic E-state index is 13.6. The molecule has 3 amide bonds. The molecule has 11 heteroatoms. The number of hydrogen-bond acceptors (Lipinski definition) is 8. The minimum Gasteiger partial charge on any atom is -0.507 e. The second kappa shape index (κ2) is 12.3. The molecule has 5 N–H and O–H groups in total. The first-order valence-electron chi connectivity index (χ1n) is 12.9. The second-order valence-corrected chi connectivity index (χ2v) is 9.98. The van der Waals surface area contributed by atoms with Crippen molar-refractivity contribution in [3.63, 3.8) is 0 Å². The van der Waals surface area contributed by atoms with E-state index >= 15 is 0 Å². The van der Waals surface area contributed by atoms with Crippen molar-refractivity contribution >= 4 is 23.7 Å². The van der Waals surface area contributed by atoms with Gasteiger partial charge in [-0.3, -0.25) is 14.4 Å². The first kappa shape index (κ1) is 28.1. The van der Waals surface area contributed by atoms with E-state index in [4.69, 9.17) is 9.47 Å². The molecule has 0 bridgehead atoms. The standard InChI is InChI=1S/C28H33N3O8/c1-15-24(33)20(12-17-8-4-3-5-9-17)29-27(36)22(30-26(35)19-10-6-7-11-21(19)32)16(2)39-28(37)23(31-25(15)34)18-13-38-14-18/h3-11,15-16,18,20,22-24,32-33H,12-14H2,1-2H3,(H,29,36)(H,30,35)(H,31,34)/t15-,16-,20+,22+,23?,24+/m1/s1. The number of nitrogens with one attached hydrogen (secondary N) is 3. The molecule has 11 nitrogen and oxygen atoms in total. The largest absolute Gasteiger partial charge is 0.507 e. The van der Waals surface area contributed by atoms with Crippen molar-refractivity contribution in [1.29, 1.82) is 0 Å². The lowest BCUT2D eigenvalue weighted by Gasteiger charge is -2.37. The lowest BCUT2D eigenvalue weighted by Crippen LogP contribution is -2.62. The molecule has 0 aromatic heterocycles. The number of aliphatic hydroxyl groups excluding tert-OH is 1. The van der Waals surface area contributed by atoms with Crippen LogP contribution in [0.1, 0.15) is 29.8 Å². The summed E-state index contributed by atoms with van der Waals surface area (Å²) in [4.78, 5) is 52.9. The molecule has 2 aliphatic heterocycles. The van der Waals surface area contributed by atoms with Gasteiger partial charge in [-0.1, -0.05) is 49.4 Å². The summed E-state index contributed by atoms with van der Waals surface area (Å²) in [5.41, 5.74) is 0.738. The lowest BCUT2D eigenvalue weighted by atomic mass is 9.90. The number of amides is 3. The van der Waals surface area contributed by atoms with Crippen LogP contribution in [0.25, 0.3) is 0 Å². The fraction of sp³-hybridized carbons (Fsp3) is 0.429. The Hall–Kier alpha value is -3.96. The summed E-state index contributed by atoms with van der Waals surface area (Å²) in [6, 6.07) is 11.6. The van der Waals surface area contributed by atoms with Crippen molar-refractivity contribution in [2.75, 3.05) is 13.2 Å². The van der Waals surface area contributed by atoms with Crippen molar-refractivity contribution in [2.24, 2.45) is 11.8 Å². The van der Waals surface area contributed by atoms with Crippen LogP contribution in [0.2, 0.25) is 0 Å². The molecular weight excluding hydrogens is 506 g/mol. The fourth-order valence-corrected chi connectivity index (χ4v) is 4.61. The Labute approximate surface area is 225 Å². The van der Waals surface area contributed by atoms with Gasteiger partial charge in [0.15, 0.2) is 0 Å². The van der Waals surface area contributed by atoms with Crippen LogP contribution >= 0.6 is 0 Å². The first-order chi connectivity index (χ1) is 18.7. The van der Waals surface area contributed by atoms with E-state index in [1.807, 2.05) is 30.3 Å². The van der Waals surface area contributed by atoms with E-state index in [1.165, 1.54) is 26.0 Å². The van der Waals surface area contributed by atoms with E-state index in [1.54, 1.807) is 12.1 Å². The summed E-state index contributed by atoms with van der Waals surface area (Å²) in [5.74, 6) is -4.47. The zero-order valence-electron chi connectivity index (χ0n) is 21.7. The highest BCUT2D eigenvalue weighted by Crippen LogP contribution is 2.21. The van der Waals surface area contributed by atoms with E-state index < -0.39 is 59.9 Å². The van der Waals surface area contributed by atoms with Crippen LogP contribution in [0.15, 0.2) is 54.6 Å². The van der Waals surface area contributed by atoms with Gasteiger partial charge in [0.1, 0.15) is 23.9 Å². The molecule has 2 aliphatic rings. The van der Waals surface area contributed by atoms with E-state index in [2.05, 4.69) is 16.0 Å². The van der Waals surface area contributed by atoms with Crippen LogP contribution in [0.3, 0.4) is 0 Å². The number of para-hydroxylation sites is 1. The zero-order chi connectivity index (χ0) is 28.1. The Morgan fingerprint density at radius 1 is 0.974 bits per heavy atom. The van der Waals surface area contributed by atoms with Crippen LogP contribution in [-0.4, -0.2) is 77.5 Å². The van der Waals surface area contributed by atoms with Gasteiger partial charge < -0.3 is 35.6 Å². The number of rotatable bonds is 5. The molecule has 2 aromatic rings. The van der Waals surface area contributed by atoms with Crippen molar-refractivity contribution in [3.05, 3.63) is 65.7 Å². The predicted molar refractivity (Wildman–Crippen MR) is 138 cm³/mol. The highest BCUT2D eigenvalue weighted by Gasteiger charge is 2.42. The third-order valence-electron chi connectivity index (χ3n) is 7.14. The maximum absolute atomic E-state index is 13.6. The SMILES string of the molecule is C[C@H]1OC(=O)C(C2COC2)NC(=O)[C@H](C)[C@H](O)[C@H](Cc2ccccc2)NC(=O)[C@H]1NC(=O)c1ccccc1O. The number of cyclic esters (lactones) is 1. The van der Waals surface area contributed by atoms with Crippen LogP contribution in [-0.2, 0) is 30.3 Å². The Balaban J connectivity index is 1.67. The maximum Gasteiger partial charge on any atom is 0.329 e. The van der Waals surface area contributed by atoms with Gasteiger partial charge in [0, 0.05) is 5.92 Å². The van der Waals surface area contributed by atoms with Gasteiger partial charge in [-0.2, -0.15) is 0 Å². The Bertz CT molecular complexity index is 1200. The Morgan fingerprint density at radius 2 is 1.64 bits per heavy atom. The number of phenolic OH excluding ortho intramolecular Hbond substituents is 1. The van der Waals surface area contributed by atoms with Gasteiger partial charge in [0.2, 0.25) is 11.8 Å². The molecular formula is C28H33N3O8. The van der Waals surface area contributed by atoms with Gasteiger partial charge in [-0.25, -0.2) is 4.79 Å². The molecule has 1 unspecified atom stereocenters. The van der Waals surface area contributed by atoms with Gasteiger partial charge in [-0.15, -0.1) is 0 Å². The van der Waals surface area contributed by atoms with Crippen molar-refractivity contribution in [2.45, 2.75) is 50.6 Å². The predicted octanol–water partition coefficient (Wildman–Crippen LogP) is 0.292. The second-order valence-electron chi connectivity index (χ2n) is 9.98. The number of ether oxygens (including phenoxy) is 2. The number of hydrogen-bond donors (Lipinski definition) is 5. The highest BCUT2D eigenvalue weighted by atomic mass is 16.5. The van der Waals surface area contributed by atoms with Crippen molar-refractivity contribution in [3.8, 4) is 5.75 Å². The molecule has 0 radical (unpaired) electrons. The summed E-state index contributed by atoms with van der Waals surface area (Å²) >= 11 is 0. The van der Waals surface area contributed by atoms with E-state index in [-0.39, 0.29) is 36.9 Å². The minimum atomic E-state index is -1.38. The molecule has 2 saturated heterocycles. The third kappa shape index (κ3) is 6.55. The van der Waals surface area contributed by atoms with Crippen LogP contribution in [0, 0.1) is 11.8 Å². The number of aromatic hydroxyl groups is 1. The molecule has 0 aliphatic carbocycles. The number of aliphatic hydroxyl groups is 1. The topological polar surface area (TPSA) is 163 Å². The van der Waals surface area contributed by atoms with E-state index in [9.17, 15) is 29.4 Å². The van der Waals surface area contributed by atoms with Crippen LogP contribution in [0.5, 0.6) is 5.75 Å². The lowest BCUT2D eigenvalue weighted by molar-refractivity contribution is -0.163. The molecule has 6 atom stereocenters. The van der Waals surface area contributed by atoms with Gasteiger partial charge >= 0.3 is 5.97 Å². The normalized spacial score (nSPS) is 28.5. The molecule has 0 spiro atoms. The number of phenols is 1. The molecule has 2 fully saturated rings. The number of esters is 1. The zero-order valence-corrected chi connectivity index (χ0v) is 21.7. The summed E-state index contributed by atoms with van der Waals surface area (Å²) in [7, 11) is 0. The molecule has 2 aromatic carbocycles. The molecule has 4 rings (SSSR count). The minimum absolute atomic E-state index is 0.0683. The molecule has 2 heterocycles. The fourth-order valence-electron chi connectivity index (χ4n) is 4.61. The van der Waals surface area contributed by atoms with E-state index in [0.29, 0.717) is 0 Å².